The predicted molar refractivity (Wildman–Crippen MR) is 115 cm³/mol. The number of pyridine rings is 1. The quantitative estimate of drug-likeness (QED) is 0.732. The van der Waals surface area contributed by atoms with Crippen LogP contribution < -0.4 is 15.1 Å². The zero-order valence-electron chi connectivity index (χ0n) is 17.0. The van der Waals surface area contributed by atoms with Gasteiger partial charge in [0.1, 0.15) is 6.04 Å². The Morgan fingerprint density at radius 1 is 1.03 bits per heavy atom. The summed E-state index contributed by atoms with van der Waals surface area (Å²) in [7, 11) is 1.82. The molecule has 1 aliphatic rings. The van der Waals surface area contributed by atoms with Crippen molar-refractivity contribution in [1.29, 1.82) is 0 Å². The second-order valence-corrected chi connectivity index (χ2v) is 7.40. The van der Waals surface area contributed by atoms with Crippen molar-refractivity contribution in [1.82, 2.24) is 15.0 Å². The summed E-state index contributed by atoms with van der Waals surface area (Å²) in [6, 6.07) is 11.6. The highest BCUT2D eigenvalue weighted by Crippen LogP contribution is 2.39. The van der Waals surface area contributed by atoms with Crippen LogP contribution in [0.3, 0.4) is 0 Å². The second kappa shape index (κ2) is 7.50. The number of nitrogens with zero attached hydrogens (tertiary/aromatic N) is 5. The van der Waals surface area contributed by atoms with E-state index in [4.69, 9.17) is 0 Å². The molecule has 1 unspecified atom stereocenters. The summed E-state index contributed by atoms with van der Waals surface area (Å²) in [5, 5.41) is 3.30. The fourth-order valence-electron chi connectivity index (χ4n) is 3.78. The van der Waals surface area contributed by atoms with Crippen LogP contribution in [0.15, 0.2) is 55.0 Å². The average Bonchev–Trinajstić information content (AvgIpc) is 2.73. The first-order valence-electron chi connectivity index (χ1n) is 9.66. The number of hydrogen-bond acceptors (Lipinski definition) is 6. The average molecular weight is 388 g/mol. The van der Waals surface area contributed by atoms with Crippen LogP contribution in [0.2, 0.25) is 0 Å². The van der Waals surface area contributed by atoms with Crippen molar-refractivity contribution in [3.63, 3.8) is 0 Å². The van der Waals surface area contributed by atoms with Crippen molar-refractivity contribution < 1.29 is 4.79 Å². The van der Waals surface area contributed by atoms with E-state index in [0.717, 1.165) is 28.3 Å². The number of aromatic nitrogens is 3. The monoisotopic (exact) mass is 388 g/mol. The van der Waals surface area contributed by atoms with Crippen molar-refractivity contribution in [2.24, 2.45) is 0 Å². The topological polar surface area (TPSA) is 74.2 Å². The van der Waals surface area contributed by atoms with E-state index in [0.29, 0.717) is 5.95 Å². The molecule has 148 valence electrons. The van der Waals surface area contributed by atoms with Crippen molar-refractivity contribution in [3.8, 4) is 11.3 Å². The standard InChI is InChI=1S/C22H24N6O/c1-14(2)28-15(3)21(29)27(4)19-6-5-17(13-20(19)28)25-22-24-12-9-18(26-22)16-7-10-23-11-8-16/h5-15H,1-4H3,(H,24,25,26). The van der Waals surface area contributed by atoms with Gasteiger partial charge in [0.2, 0.25) is 11.9 Å². The molecule has 1 atom stereocenters. The van der Waals surface area contributed by atoms with Crippen molar-refractivity contribution in [2.75, 3.05) is 22.2 Å². The highest BCUT2D eigenvalue weighted by molar-refractivity contribution is 6.05. The number of likely N-dealkylation sites (N-methyl/N-ethyl adjacent to an activating group) is 1. The first kappa shape index (κ1) is 18.9. The molecule has 0 radical (unpaired) electrons. The van der Waals surface area contributed by atoms with Gasteiger partial charge in [0.15, 0.2) is 0 Å². The Morgan fingerprint density at radius 2 is 1.79 bits per heavy atom. The SMILES string of the molecule is CC(C)N1c2cc(Nc3nccc(-c4ccncc4)n3)ccc2N(C)C(=O)C1C. The first-order chi connectivity index (χ1) is 14.0. The van der Waals surface area contributed by atoms with Crippen LogP contribution in [-0.4, -0.2) is 40.0 Å². The van der Waals surface area contributed by atoms with Gasteiger partial charge < -0.3 is 15.1 Å². The minimum atomic E-state index is -0.214. The van der Waals surface area contributed by atoms with Gasteiger partial charge in [-0.1, -0.05) is 0 Å². The molecule has 1 aromatic carbocycles. The Balaban J connectivity index is 1.67. The van der Waals surface area contributed by atoms with E-state index >= 15 is 0 Å². The van der Waals surface area contributed by atoms with Gasteiger partial charge in [0.25, 0.3) is 0 Å². The maximum absolute atomic E-state index is 12.6. The lowest BCUT2D eigenvalue weighted by molar-refractivity contribution is -0.119. The molecule has 0 spiro atoms. The molecule has 0 bridgehead atoms. The molecule has 1 N–H and O–H groups in total. The normalized spacial score (nSPS) is 16.2. The summed E-state index contributed by atoms with van der Waals surface area (Å²) in [5.41, 5.74) is 4.60. The molecular formula is C22H24N6O. The molecule has 3 heterocycles. The second-order valence-electron chi connectivity index (χ2n) is 7.40. The Hall–Kier alpha value is -3.48. The van der Waals surface area contributed by atoms with E-state index in [1.807, 2.05) is 44.3 Å². The number of benzene rings is 1. The van der Waals surface area contributed by atoms with Crippen LogP contribution in [-0.2, 0) is 4.79 Å². The summed E-state index contributed by atoms with van der Waals surface area (Å²) in [4.78, 5) is 29.5. The fraction of sp³-hybridized carbons (Fsp3) is 0.273. The highest BCUT2D eigenvalue weighted by Gasteiger charge is 2.34. The summed E-state index contributed by atoms with van der Waals surface area (Å²) in [5.74, 6) is 0.615. The molecule has 4 rings (SSSR count). The summed E-state index contributed by atoms with van der Waals surface area (Å²) in [6.45, 7) is 6.14. The maximum atomic E-state index is 12.6. The van der Waals surface area contributed by atoms with Gasteiger partial charge in [0.05, 0.1) is 17.1 Å². The molecule has 0 saturated heterocycles. The van der Waals surface area contributed by atoms with Gasteiger partial charge in [-0.05, 0) is 57.2 Å². The van der Waals surface area contributed by atoms with Crippen molar-refractivity contribution >= 4 is 28.9 Å². The number of carbonyl (C=O) groups excluding carboxylic acids is 1. The molecule has 1 amide bonds. The molecule has 0 aliphatic carbocycles. The molecule has 29 heavy (non-hydrogen) atoms. The Labute approximate surface area is 170 Å². The van der Waals surface area contributed by atoms with E-state index in [2.05, 4.69) is 45.1 Å². The minimum Gasteiger partial charge on any atom is -0.356 e. The summed E-state index contributed by atoms with van der Waals surface area (Å²) >= 11 is 0. The van der Waals surface area contributed by atoms with Gasteiger partial charge in [-0.2, -0.15) is 0 Å². The van der Waals surface area contributed by atoms with E-state index in [1.165, 1.54) is 0 Å². The number of hydrogen-bond donors (Lipinski definition) is 1. The van der Waals surface area contributed by atoms with Crippen molar-refractivity contribution in [3.05, 3.63) is 55.0 Å². The molecule has 0 saturated carbocycles. The van der Waals surface area contributed by atoms with Crippen molar-refractivity contribution in [2.45, 2.75) is 32.9 Å². The minimum absolute atomic E-state index is 0.0975. The van der Waals surface area contributed by atoms with Gasteiger partial charge in [-0.3, -0.25) is 9.78 Å². The molecule has 3 aromatic rings. The third-order valence-electron chi connectivity index (χ3n) is 5.16. The summed E-state index contributed by atoms with van der Waals surface area (Å²) < 4.78 is 0. The molecule has 2 aromatic heterocycles. The lowest BCUT2D eigenvalue weighted by Gasteiger charge is -2.42. The van der Waals surface area contributed by atoms with Gasteiger partial charge in [-0.25, -0.2) is 9.97 Å². The highest BCUT2D eigenvalue weighted by atomic mass is 16.2. The number of rotatable bonds is 4. The molecular weight excluding hydrogens is 364 g/mol. The summed E-state index contributed by atoms with van der Waals surface area (Å²) in [6.07, 6.45) is 5.22. The molecule has 7 heteroatoms. The smallest absolute Gasteiger partial charge is 0.249 e. The maximum Gasteiger partial charge on any atom is 0.249 e. The zero-order valence-corrected chi connectivity index (χ0v) is 17.0. The third-order valence-corrected chi connectivity index (χ3v) is 5.16. The van der Waals surface area contributed by atoms with E-state index < -0.39 is 0 Å². The lowest BCUT2D eigenvalue weighted by Crippen LogP contribution is -2.53. The number of nitrogens with one attached hydrogen (secondary N) is 1. The van der Waals surface area contributed by atoms with E-state index in [-0.39, 0.29) is 18.0 Å². The zero-order chi connectivity index (χ0) is 20.5. The fourth-order valence-corrected chi connectivity index (χ4v) is 3.78. The molecule has 7 nitrogen and oxygen atoms in total. The van der Waals surface area contributed by atoms with Gasteiger partial charge in [-0.15, -0.1) is 0 Å². The number of anilines is 4. The number of carbonyl (C=O) groups is 1. The molecule has 1 aliphatic heterocycles. The van der Waals surface area contributed by atoms with Crippen LogP contribution in [0.1, 0.15) is 20.8 Å². The van der Waals surface area contributed by atoms with Crippen LogP contribution in [0.25, 0.3) is 11.3 Å². The van der Waals surface area contributed by atoms with E-state index in [9.17, 15) is 4.79 Å². The first-order valence-corrected chi connectivity index (χ1v) is 9.66. The Kier molecular flexibility index (Phi) is 4.88. The van der Waals surface area contributed by atoms with E-state index in [1.54, 1.807) is 23.5 Å². The third kappa shape index (κ3) is 3.51. The lowest BCUT2D eigenvalue weighted by atomic mass is 10.0. The Bertz CT molecular complexity index is 1040. The van der Waals surface area contributed by atoms with Crippen LogP contribution in [0.5, 0.6) is 0 Å². The van der Waals surface area contributed by atoms with Crippen LogP contribution in [0.4, 0.5) is 23.0 Å². The van der Waals surface area contributed by atoms with Crippen LogP contribution in [0, 0.1) is 0 Å². The molecule has 0 fully saturated rings. The Morgan fingerprint density at radius 3 is 2.52 bits per heavy atom. The predicted octanol–water partition coefficient (Wildman–Crippen LogP) is 3.86. The van der Waals surface area contributed by atoms with Crippen LogP contribution >= 0.6 is 0 Å². The van der Waals surface area contributed by atoms with Gasteiger partial charge >= 0.3 is 0 Å². The van der Waals surface area contributed by atoms with Gasteiger partial charge in [0, 0.05) is 42.9 Å². The largest absolute Gasteiger partial charge is 0.356 e. The number of amides is 1. The number of fused-ring (bicyclic) bond motifs is 1.